The third-order valence-corrected chi connectivity index (χ3v) is 2.98. The van der Waals surface area contributed by atoms with Crippen LogP contribution in [0.15, 0.2) is 24.3 Å². The molecule has 0 aromatic heterocycles. The number of carbonyl (C=O) groups is 1. The summed E-state index contributed by atoms with van der Waals surface area (Å²) in [5, 5.41) is 2.87. The van der Waals surface area contributed by atoms with Crippen LogP contribution in [-0.4, -0.2) is 29.9 Å². The first-order valence-corrected chi connectivity index (χ1v) is 6.45. The maximum atomic E-state index is 11.6. The minimum Gasteiger partial charge on any atom is -0.324 e. The third-order valence-electron chi connectivity index (χ3n) is 2.98. The highest BCUT2D eigenvalue weighted by atomic mass is 16.2. The lowest BCUT2D eigenvalue weighted by atomic mass is 10.1. The zero-order valence-electron chi connectivity index (χ0n) is 11.4. The fraction of sp³-hybridized carbons (Fsp3) is 0.500. The highest BCUT2D eigenvalue weighted by Gasteiger charge is 2.11. The van der Waals surface area contributed by atoms with E-state index in [1.807, 2.05) is 24.3 Å². The summed E-state index contributed by atoms with van der Waals surface area (Å²) >= 11 is 0. The molecule has 0 fully saturated rings. The van der Waals surface area contributed by atoms with Gasteiger partial charge in [-0.25, -0.2) is 0 Å². The molecule has 100 valence electrons. The van der Waals surface area contributed by atoms with E-state index in [9.17, 15) is 4.79 Å². The first kappa shape index (κ1) is 14.7. The van der Waals surface area contributed by atoms with Crippen LogP contribution >= 0.6 is 0 Å². The van der Waals surface area contributed by atoms with Crippen LogP contribution in [0, 0.1) is 0 Å². The fourth-order valence-corrected chi connectivity index (χ4v) is 1.71. The van der Waals surface area contributed by atoms with E-state index in [1.54, 1.807) is 6.92 Å². The number of carbonyl (C=O) groups excluding carboxylic acids is 1. The number of nitrogens with two attached hydrogens (primary N) is 1. The van der Waals surface area contributed by atoms with Crippen molar-refractivity contribution in [2.75, 3.05) is 18.4 Å². The van der Waals surface area contributed by atoms with Crippen molar-refractivity contribution >= 4 is 11.6 Å². The van der Waals surface area contributed by atoms with Crippen LogP contribution in [0.4, 0.5) is 5.69 Å². The Balaban J connectivity index is 2.82. The topological polar surface area (TPSA) is 58.4 Å². The SMILES string of the molecule is CCN(CC)Cc1ccccc1NC(=O)[C@@H](C)N. The molecule has 0 saturated carbocycles. The third kappa shape index (κ3) is 4.13. The van der Waals surface area contributed by atoms with Crippen molar-refractivity contribution in [1.29, 1.82) is 0 Å². The van der Waals surface area contributed by atoms with E-state index in [0.29, 0.717) is 0 Å². The predicted molar refractivity (Wildman–Crippen MR) is 75.3 cm³/mol. The summed E-state index contributed by atoms with van der Waals surface area (Å²) in [4.78, 5) is 13.9. The summed E-state index contributed by atoms with van der Waals surface area (Å²) < 4.78 is 0. The Morgan fingerprint density at radius 2 is 1.94 bits per heavy atom. The molecule has 1 rings (SSSR count). The Labute approximate surface area is 109 Å². The maximum Gasteiger partial charge on any atom is 0.241 e. The van der Waals surface area contributed by atoms with Crippen LogP contribution in [0.1, 0.15) is 26.3 Å². The van der Waals surface area contributed by atoms with Crippen LogP contribution in [-0.2, 0) is 11.3 Å². The highest BCUT2D eigenvalue weighted by molar-refractivity contribution is 5.95. The smallest absolute Gasteiger partial charge is 0.241 e. The Hall–Kier alpha value is -1.39. The van der Waals surface area contributed by atoms with Gasteiger partial charge in [-0.2, -0.15) is 0 Å². The average molecular weight is 249 g/mol. The first-order chi connectivity index (χ1) is 8.58. The largest absolute Gasteiger partial charge is 0.324 e. The van der Waals surface area contributed by atoms with E-state index in [1.165, 1.54) is 0 Å². The summed E-state index contributed by atoms with van der Waals surface area (Å²) in [7, 11) is 0. The van der Waals surface area contributed by atoms with Gasteiger partial charge in [-0.3, -0.25) is 9.69 Å². The zero-order chi connectivity index (χ0) is 13.5. The number of hydrogen-bond acceptors (Lipinski definition) is 3. The Kier molecular flexibility index (Phi) is 5.82. The molecule has 0 spiro atoms. The lowest BCUT2D eigenvalue weighted by molar-refractivity contribution is -0.117. The molecule has 0 saturated heterocycles. The van der Waals surface area contributed by atoms with E-state index in [0.717, 1.165) is 30.9 Å². The molecule has 0 bridgehead atoms. The monoisotopic (exact) mass is 249 g/mol. The van der Waals surface area contributed by atoms with Crippen LogP contribution in [0.3, 0.4) is 0 Å². The molecule has 1 amide bonds. The molecule has 18 heavy (non-hydrogen) atoms. The summed E-state index contributed by atoms with van der Waals surface area (Å²) in [6.45, 7) is 8.77. The molecular weight excluding hydrogens is 226 g/mol. The van der Waals surface area contributed by atoms with Gasteiger partial charge in [0.2, 0.25) is 5.91 Å². The summed E-state index contributed by atoms with van der Waals surface area (Å²) in [5.74, 6) is -0.151. The van der Waals surface area contributed by atoms with Crippen molar-refractivity contribution < 1.29 is 4.79 Å². The number of nitrogens with one attached hydrogen (secondary N) is 1. The molecule has 0 aliphatic rings. The van der Waals surface area contributed by atoms with Gasteiger partial charge in [0, 0.05) is 12.2 Å². The van der Waals surface area contributed by atoms with Gasteiger partial charge in [0.05, 0.1) is 6.04 Å². The van der Waals surface area contributed by atoms with E-state index in [-0.39, 0.29) is 5.91 Å². The fourth-order valence-electron chi connectivity index (χ4n) is 1.71. The van der Waals surface area contributed by atoms with Gasteiger partial charge in [0.1, 0.15) is 0 Å². The molecule has 1 atom stereocenters. The standard InChI is InChI=1S/C14H23N3O/c1-4-17(5-2)10-12-8-6-7-9-13(12)16-14(18)11(3)15/h6-9,11H,4-5,10,15H2,1-3H3,(H,16,18)/t11-/m1/s1. The van der Waals surface area contributed by atoms with Gasteiger partial charge in [-0.1, -0.05) is 32.0 Å². The number of benzene rings is 1. The summed E-state index contributed by atoms with van der Waals surface area (Å²) in [6, 6.07) is 7.36. The first-order valence-electron chi connectivity index (χ1n) is 6.45. The number of rotatable bonds is 6. The molecule has 0 aliphatic carbocycles. The van der Waals surface area contributed by atoms with E-state index >= 15 is 0 Å². The van der Waals surface area contributed by atoms with Gasteiger partial charge in [-0.15, -0.1) is 0 Å². The molecular formula is C14H23N3O. The van der Waals surface area contributed by atoms with Gasteiger partial charge in [0.15, 0.2) is 0 Å². The second kappa shape index (κ2) is 7.13. The lowest BCUT2D eigenvalue weighted by Gasteiger charge is -2.20. The van der Waals surface area contributed by atoms with Gasteiger partial charge >= 0.3 is 0 Å². The minimum atomic E-state index is -0.494. The van der Waals surface area contributed by atoms with Crippen molar-refractivity contribution in [2.45, 2.75) is 33.4 Å². The summed E-state index contributed by atoms with van der Waals surface area (Å²) in [5.41, 5.74) is 7.54. The minimum absolute atomic E-state index is 0.151. The van der Waals surface area contributed by atoms with E-state index < -0.39 is 6.04 Å². The van der Waals surface area contributed by atoms with Crippen LogP contribution < -0.4 is 11.1 Å². The zero-order valence-corrected chi connectivity index (χ0v) is 11.4. The maximum absolute atomic E-state index is 11.6. The quantitative estimate of drug-likeness (QED) is 0.808. The molecule has 0 radical (unpaired) electrons. The van der Waals surface area contributed by atoms with Crippen LogP contribution in [0.5, 0.6) is 0 Å². The molecule has 1 aromatic carbocycles. The van der Waals surface area contributed by atoms with Gasteiger partial charge < -0.3 is 11.1 Å². The molecule has 0 heterocycles. The number of anilines is 1. The number of para-hydroxylation sites is 1. The normalized spacial score (nSPS) is 12.5. The van der Waals surface area contributed by atoms with Gasteiger partial charge in [0.25, 0.3) is 0 Å². The second-order valence-electron chi connectivity index (χ2n) is 4.40. The Morgan fingerprint density at radius 3 is 2.50 bits per heavy atom. The van der Waals surface area contributed by atoms with E-state index in [4.69, 9.17) is 5.73 Å². The van der Waals surface area contributed by atoms with Crippen molar-refractivity contribution in [1.82, 2.24) is 4.90 Å². The predicted octanol–water partition coefficient (Wildman–Crippen LogP) is 1.81. The Bertz CT molecular complexity index is 386. The molecule has 1 aromatic rings. The molecule has 0 unspecified atom stereocenters. The Morgan fingerprint density at radius 1 is 1.33 bits per heavy atom. The van der Waals surface area contributed by atoms with Crippen molar-refractivity contribution in [3.63, 3.8) is 0 Å². The van der Waals surface area contributed by atoms with Crippen LogP contribution in [0.2, 0.25) is 0 Å². The van der Waals surface area contributed by atoms with Crippen molar-refractivity contribution in [2.24, 2.45) is 5.73 Å². The number of amides is 1. The number of hydrogen-bond donors (Lipinski definition) is 2. The van der Waals surface area contributed by atoms with Crippen molar-refractivity contribution in [3.8, 4) is 0 Å². The lowest BCUT2D eigenvalue weighted by Crippen LogP contribution is -2.33. The molecule has 3 N–H and O–H groups in total. The second-order valence-corrected chi connectivity index (χ2v) is 4.40. The van der Waals surface area contributed by atoms with Crippen molar-refractivity contribution in [3.05, 3.63) is 29.8 Å². The van der Waals surface area contributed by atoms with Gasteiger partial charge in [-0.05, 0) is 31.6 Å². The molecule has 4 nitrogen and oxygen atoms in total. The molecule has 4 heteroatoms. The highest BCUT2D eigenvalue weighted by Crippen LogP contribution is 2.17. The number of nitrogens with zero attached hydrogens (tertiary/aromatic N) is 1. The average Bonchev–Trinajstić information content (AvgIpc) is 2.37. The van der Waals surface area contributed by atoms with Crippen LogP contribution in [0.25, 0.3) is 0 Å². The van der Waals surface area contributed by atoms with E-state index in [2.05, 4.69) is 24.1 Å². The summed E-state index contributed by atoms with van der Waals surface area (Å²) in [6.07, 6.45) is 0. The molecule has 0 aliphatic heterocycles.